The van der Waals surface area contributed by atoms with Crippen LogP contribution in [0.3, 0.4) is 0 Å². The minimum absolute atomic E-state index is 0.124. The number of H-pyrrole nitrogens is 1. The third kappa shape index (κ3) is 3.09. The van der Waals surface area contributed by atoms with E-state index in [0.717, 1.165) is 18.4 Å². The number of amides is 1. The second-order valence-electron chi connectivity index (χ2n) is 5.32. The van der Waals surface area contributed by atoms with E-state index in [1.807, 2.05) is 30.3 Å². The lowest BCUT2D eigenvalue weighted by molar-refractivity contribution is 0.0908. The second-order valence-corrected chi connectivity index (χ2v) is 5.32. The van der Waals surface area contributed by atoms with E-state index in [0.29, 0.717) is 18.5 Å². The van der Waals surface area contributed by atoms with Gasteiger partial charge in [0.05, 0.1) is 0 Å². The van der Waals surface area contributed by atoms with Crippen molar-refractivity contribution in [1.29, 1.82) is 0 Å². The summed E-state index contributed by atoms with van der Waals surface area (Å²) in [6.07, 6.45) is 1.76. The average molecular weight is 288 g/mol. The Kier molecular flexibility index (Phi) is 3.94. The number of aromatic amines is 1. The SMILES string of the molecule is O=C(NC1CCCC(F)C1)c1n[nH]nc1-c1ccccc1. The Morgan fingerprint density at radius 2 is 2.05 bits per heavy atom. The first-order valence-electron chi connectivity index (χ1n) is 7.15. The Bertz CT molecular complexity index is 613. The lowest BCUT2D eigenvalue weighted by atomic mass is 9.94. The van der Waals surface area contributed by atoms with Gasteiger partial charge in [-0.25, -0.2) is 4.39 Å². The van der Waals surface area contributed by atoms with Gasteiger partial charge >= 0.3 is 0 Å². The number of rotatable bonds is 3. The van der Waals surface area contributed by atoms with Crippen molar-refractivity contribution in [2.24, 2.45) is 0 Å². The maximum atomic E-state index is 13.4. The van der Waals surface area contributed by atoms with Gasteiger partial charge in [-0.15, -0.1) is 0 Å². The van der Waals surface area contributed by atoms with Gasteiger partial charge in [-0.05, 0) is 25.7 Å². The van der Waals surface area contributed by atoms with E-state index in [2.05, 4.69) is 20.7 Å². The molecule has 0 radical (unpaired) electrons. The number of carbonyl (C=O) groups excluding carboxylic acids is 1. The molecule has 110 valence electrons. The number of nitrogens with one attached hydrogen (secondary N) is 2. The second kappa shape index (κ2) is 6.03. The molecule has 1 amide bonds. The highest BCUT2D eigenvalue weighted by atomic mass is 19.1. The predicted molar refractivity (Wildman–Crippen MR) is 76.4 cm³/mol. The van der Waals surface area contributed by atoms with Crippen LogP contribution in [0, 0.1) is 0 Å². The molecule has 1 heterocycles. The molecule has 1 saturated carbocycles. The first-order valence-corrected chi connectivity index (χ1v) is 7.15. The highest BCUT2D eigenvalue weighted by Gasteiger charge is 2.25. The van der Waals surface area contributed by atoms with E-state index < -0.39 is 6.17 Å². The number of aromatic nitrogens is 3. The first kappa shape index (κ1) is 13.7. The zero-order valence-electron chi connectivity index (χ0n) is 11.6. The van der Waals surface area contributed by atoms with Gasteiger partial charge in [-0.1, -0.05) is 30.3 Å². The van der Waals surface area contributed by atoms with Crippen LogP contribution in [0.25, 0.3) is 11.3 Å². The van der Waals surface area contributed by atoms with Crippen LogP contribution in [-0.2, 0) is 0 Å². The van der Waals surface area contributed by atoms with Gasteiger partial charge in [0.15, 0.2) is 5.69 Å². The standard InChI is InChI=1S/C15H17FN4O/c16-11-7-4-8-12(9-11)17-15(21)14-13(18-20-19-14)10-5-2-1-3-6-10/h1-3,5-6,11-12H,4,7-9H2,(H,17,21)(H,18,19,20). The summed E-state index contributed by atoms with van der Waals surface area (Å²) in [6, 6.07) is 9.26. The number of carbonyl (C=O) groups is 1. The highest BCUT2D eigenvalue weighted by Crippen LogP contribution is 2.23. The Morgan fingerprint density at radius 3 is 2.81 bits per heavy atom. The topological polar surface area (TPSA) is 70.7 Å². The summed E-state index contributed by atoms with van der Waals surface area (Å²) in [5.41, 5.74) is 1.59. The maximum Gasteiger partial charge on any atom is 0.274 e. The quantitative estimate of drug-likeness (QED) is 0.911. The normalized spacial score (nSPS) is 22.0. The predicted octanol–water partition coefficient (Wildman–Crippen LogP) is 2.48. The lowest BCUT2D eigenvalue weighted by Gasteiger charge is -2.25. The average Bonchev–Trinajstić information content (AvgIpc) is 2.98. The van der Waals surface area contributed by atoms with Gasteiger partial charge in [-0.2, -0.15) is 15.4 Å². The molecule has 0 aliphatic heterocycles. The summed E-state index contributed by atoms with van der Waals surface area (Å²) in [4.78, 5) is 12.3. The molecule has 2 atom stereocenters. The molecule has 1 aromatic carbocycles. The molecule has 0 bridgehead atoms. The van der Waals surface area contributed by atoms with Gasteiger partial charge in [0.2, 0.25) is 0 Å². The van der Waals surface area contributed by atoms with Gasteiger partial charge in [-0.3, -0.25) is 4.79 Å². The number of benzene rings is 1. The zero-order chi connectivity index (χ0) is 14.7. The summed E-state index contributed by atoms with van der Waals surface area (Å²) in [5, 5.41) is 13.3. The largest absolute Gasteiger partial charge is 0.348 e. The minimum Gasteiger partial charge on any atom is -0.348 e. The van der Waals surface area contributed by atoms with Crippen molar-refractivity contribution >= 4 is 5.91 Å². The van der Waals surface area contributed by atoms with E-state index in [4.69, 9.17) is 0 Å². The molecule has 2 N–H and O–H groups in total. The Hall–Kier alpha value is -2.24. The van der Waals surface area contributed by atoms with E-state index in [9.17, 15) is 9.18 Å². The third-order valence-electron chi connectivity index (χ3n) is 3.76. The minimum atomic E-state index is -0.824. The van der Waals surface area contributed by atoms with Gasteiger partial charge in [0.1, 0.15) is 11.9 Å². The van der Waals surface area contributed by atoms with Crippen molar-refractivity contribution in [3.8, 4) is 11.3 Å². The number of hydrogen-bond donors (Lipinski definition) is 2. The van der Waals surface area contributed by atoms with Crippen molar-refractivity contribution < 1.29 is 9.18 Å². The fourth-order valence-corrected chi connectivity index (χ4v) is 2.70. The Balaban J connectivity index is 1.75. The van der Waals surface area contributed by atoms with E-state index in [-0.39, 0.29) is 17.6 Å². The number of nitrogens with zero attached hydrogens (tertiary/aromatic N) is 2. The van der Waals surface area contributed by atoms with Crippen molar-refractivity contribution in [2.45, 2.75) is 37.9 Å². The van der Waals surface area contributed by atoms with E-state index >= 15 is 0 Å². The molecule has 1 aliphatic carbocycles. The molecule has 2 unspecified atom stereocenters. The van der Waals surface area contributed by atoms with E-state index in [1.165, 1.54) is 0 Å². The molecular formula is C15H17FN4O. The molecule has 1 aliphatic rings. The van der Waals surface area contributed by atoms with Gasteiger partial charge in [0, 0.05) is 11.6 Å². The van der Waals surface area contributed by atoms with Crippen LogP contribution in [0.4, 0.5) is 4.39 Å². The van der Waals surface area contributed by atoms with Crippen LogP contribution in [0.15, 0.2) is 30.3 Å². The smallest absolute Gasteiger partial charge is 0.274 e. The van der Waals surface area contributed by atoms with Crippen LogP contribution < -0.4 is 5.32 Å². The highest BCUT2D eigenvalue weighted by molar-refractivity contribution is 5.98. The summed E-state index contributed by atoms with van der Waals surface area (Å²) < 4.78 is 13.4. The lowest BCUT2D eigenvalue weighted by Crippen LogP contribution is -2.39. The van der Waals surface area contributed by atoms with E-state index in [1.54, 1.807) is 0 Å². The van der Waals surface area contributed by atoms with Crippen molar-refractivity contribution in [2.75, 3.05) is 0 Å². The Morgan fingerprint density at radius 1 is 1.24 bits per heavy atom. The molecule has 21 heavy (non-hydrogen) atoms. The van der Waals surface area contributed by atoms with Crippen LogP contribution in [0.1, 0.15) is 36.2 Å². The molecule has 1 fully saturated rings. The molecule has 0 spiro atoms. The molecule has 1 aromatic heterocycles. The van der Waals surface area contributed by atoms with Gasteiger partial charge in [0.25, 0.3) is 5.91 Å². The Labute approximate surface area is 121 Å². The molecule has 6 heteroatoms. The molecule has 5 nitrogen and oxygen atoms in total. The summed E-state index contributed by atoms with van der Waals surface area (Å²) in [6.45, 7) is 0. The van der Waals surface area contributed by atoms with Crippen LogP contribution in [0.2, 0.25) is 0 Å². The fraction of sp³-hybridized carbons (Fsp3) is 0.400. The summed E-state index contributed by atoms with van der Waals surface area (Å²) in [5.74, 6) is -0.304. The van der Waals surface area contributed by atoms with Crippen LogP contribution in [0.5, 0.6) is 0 Å². The summed E-state index contributed by atoms with van der Waals surface area (Å²) in [7, 11) is 0. The van der Waals surface area contributed by atoms with Crippen LogP contribution in [-0.4, -0.2) is 33.5 Å². The zero-order valence-corrected chi connectivity index (χ0v) is 11.6. The summed E-state index contributed by atoms with van der Waals surface area (Å²) >= 11 is 0. The number of alkyl halides is 1. The monoisotopic (exact) mass is 288 g/mol. The number of halogens is 1. The molecule has 3 rings (SSSR count). The number of hydrogen-bond acceptors (Lipinski definition) is 3. The maximum absolute atomic E-state index is 13.4. The van der Waals surface area contributed by atoms with Gasteiger partial charge < -0.3 is 5.32 Å². The van der Waals surface area contributed by atoms with Crippen molar-refractivity contribution in [3.63, 3.8) is 0 Å². The molecule has 2 aromatic rings. The van der Waals surface area contributed by atoms with Crippen molar-refractivity contribution in [3.05, 3.63) is 36.0 Å². The third-order valence-corrected chi connectivity index (χ3v) is 3.76. The molecular weight excluding hydrogens is 271 g/mol. The van der Waals surface area contributed by atoms with Crippen molar-refractivity contribution in [1.82, 2.24) is 20.7 Å². The van der Waals surface area contributed by atoms with Crippen LogP contribution >= 0.6 is 0 Å². The fourth-order valence-electron chi connectivity index (χ4n) is 2.70. The first-order chi connectivity index (χ1) is 10.2. The molecule has 0 saturated heterocycles.